The van der Waals surface area contributed by atoms with Crippen molar-refractivity contribution < 1.29 is 0 Å². The van der Waals surface area contributed by atoms with Gasteiger partial charge in [0.15, 0.2) is 0 Å². The molecule has 0 bridgehead atoms. The Kier molecular flexibility index (Phi) is 4.17. The zero-order valence-electron chi connectivity index (χ0n) is 9.00. The van der Waals surface area contributed by atoms with Gasteiger partial charge in [0.2, 0.25) is 0 Å². The van der Waals surface area contributed by atoms with Gasteiger partial charge in [0.1, 0.15) is 5.01 Å². The van der Waals surface area contributed by atoms with Crippen molar-refractivity contribution in [2.24, 2.45) is 5.92 Å². The summed E-state index contributed by atoms with van der Waals surface area (Å²) in [4.78, 5) is 4.37. The first-order chi connectivity index (χ1) is 7.25. The molecule has 0 radical (unpaired) electrons. The highest BCUT2D eigenvalue weighted by Gasteiger charge is 2.16. The molecule has 2 nitrogen and oxygen atoms in total. The van der Waals surface area contributed by atoms with Crippen LogP contribution < -0.4 is 5.32 Å². The van der Waals surface area contributed by atoms with E-state index in [9.17, 15) is 0 Å². The fourth-order valence-electron chi connectivity index (χ4n) is 2.11. The normalized spacial score (nSPS) is 19.6. The van der Waals surface area contributed by atoms with Gasteiger partial charge in [-0.3, -0.25) is 0 Å². The van der Waals surface area contributed by atoms with Crippen LogP contribution in [0, 0.1) is 5.92 Å². The Bertz CT molecular complexity index is 307. The van der Waals surface area contributed by atoms with E-state index in [0.29, 0.717) is 6.04 Å². The van der Waals surface area contributed by atoms with Crippen LogP contribution in [-0.2, 0) is 0 Å². The molecular weight excluding hydrogens is 272 g/mol. The molecule has 2 rings (SSSR count). The van der Waals surface area contributed by atoms with Crippen molar-refractivity contribution in [3.8, 4) is 0 Å². The van der Waals surface area contributed by atoms with Gasteiger partial charge in [-0.05, 0) is 48.2 Å². The van der Waals surface area contributed by atoms with Gasteiger partial charge >= 0.3 is 0 Å². The van der Waals surface area contributed by atoms with E-state index in [1.165, 1.54) is 30.7 Å². The lowest BCUT2D eigenvalue weighted by Gasteiger charge is -2.14. The van der Waals surface area contributed by atoms with E-state index in [4.69, 9.17) is 0 Å². The van der Waals surface area contributed by atoms with Crippen LogP contribution in [0.15, 0.2) is 9.98 Å². The molecule has 1 unspecified atom stereocenters. The van der Waals surface area contributed by atoms with Crippen LogP contribution in [0.25, 0.3) is 0 Å². The number of nitrogens with one attached hydrogen (secondary N) is 1. The van der Waals surface area contributed by atoms with E-state index in [-0.39, 0.29) is 0 Å². The van der Waals surface area contributed by atoms with Crippen molar-refractivity contribution in [2.45, 2.75) is 38.6 Å². The van der Waals surface area contributed by atoms with Crippen LogP contribution in [0.3, 0.4) is 0 Å². The Hall–Kier alpha value is 0.0700. The number of halogens is 1. The monoisotopic (exact) mass is 288 g/mol. The lowest BCUT2D eigenvalue weighted by molar-refractivity contribution is 0.452. The molecule has 15 heavy (non-hydrogen) atoms. The lowest BCUT2D eigenvalue weighted by atomic mass is 10.1. The molecule has 84 valence electrons. The minimum Gasteiger partial charge on any atom is -0.308 e. The average Bonchev–Trinajstić information content (AvgIpc) is 2.84. The van der Waals surface area contributed by atoms with Crippen LogP contribution in [-0.4, -0.2) is 11.5 Å². The van der Waals surface area contributed by atoms with Crippen LogP contribution >= 0.6 is 27.3 Å². The third kappa shape index (κ3) is 3.26. The Balaban J connectivity index is 1.79. The summed E-state index contributed by atoms with van der Waals surface area (Å²) in [6, 6.07) is 0.391. The minimum absolute atomic E-state index is 0.391. The minimum atomic E-state index is 0.391. The Morgan fingerprint density at radius 3 is 2.93 bits per heavy atom. The van der Waals surface area contributed by atoms with Gasteiger partial charge in [0.05, 0.1) is 16.0 Å². The van der Waals surface area contributed by atoms with Crippen molar-refractivity contribution in [1.29, 1.82) is 0 Å². The first-order valence-corrected chi connectivity index (χ1v) is 7.21. The van der Waals surface area contributed by atoms with E-state index < -0.39 is 0 Å². The van der Waals surface area contributed by atoms with E-state index >= 15 is 0 Å². The fourth-order valence-corrected chi connectivity index (χ4v) is 3.38. The smallest absolute Gasteiger partial charge is 0.110 e. The summed E-state index contributed by atoms with van der Waals surface area (Å²) in [5.74, 6) is 0.899. The fraction of sp³-hybridized carbons (Fsp3) is 0.727. The van der Waals surface area contributed by atoms with Gasteiger partial charge in [-0.2, -0.15) is 0 Å². The van der Waals surface area contributed by atoms with Gasteiger partial charge in [-0.25, -0.2) is 4.98 Å². The topological polar surface area (TPSA) is 24.9 Å². The van der Waals surface area contributed by atoms with Crippen LogP contribution in [0.1, 0.15) is 43.7 Å². The largest absolute Gasteiger partial charge is 0.308 e. The maximum atomic E-state index is 4.37. The second kappa shape index (κ2) is 5.41. The van der Waals surface area contributed by atoms with Crippen molar-refractivity contribution in [3.05, 3.63) is 15.0 Å². The van der Waals surface area contributed by atoms with Gasteiger partial charge < -0.3 is 5.32 Å². The molecule has 1 atom stereocenters. The molecule has 0 aromatic carbocycles. The Labute approximate surface area is 104 Å². The Morgan fingerprint density at radius 1 is 1.60 bits per heavy atom. The van der Waals surface area contributed by atoms with Crippen molar-refractivity contribution in [1.82, 2.24) is 10.3 Å². The van der Waals surface area contributed by atoms with Gasteiger partial charge in [-0.15, -0.1) is 11.3 Å². The molecule has 1 heterocycles. The summed E-state index contributed by atoms with van der Waals surface area (Å²) in [5, 5.41) is 4.76. The van der Waals surface area contributed by atoms with Gasteiger partial charge in [0.25, 0.3) is 0 Å². The third-order valence-corrected chi connectivity index (χ3v) is 4.71. The Morgan fingerprint density at radius 2 is 2.33 bits per heavy atom. The standard InChI is InChI=1S/C11H17BrN2S/c1-8(11-14-7-10(12)15-11)13-6-9-4-2-3-5-9/h7-9,13H,2-6H2,1H3. The van der Waals surface area contributed by atoms with Crippen molar-refractivity contribution in [3.63, 3.8) is 0 Å². The number of thiazole rings is 1. The first kappa shape index (κ1) is 11.6. The van der Waals surface area contributed by atoms with Crippen LogP contribution in [0.5, 0.6) is 0 Å². The summed E-state index contributed by atoms with van der Waals surface area (Å²) in [7, 11) is 0. The molecule has 1 aromatic rings. The second-order valence-electron chi connectivity index (χ2n) is 4.28. The summed E-state index contributed by atoms with van der Waals surface area (Å²) >= 11 is 5.17. The van der Waals surface area contributed by atoms with Crippen LogP contribution in [0.2, 0.25) is 0 Å². The molecule has 1 aliphatic rings. The molecule has 1 N–H and O–H groups in total. The highest BCUT2D eigenvalue weighted by atomic mass is 79.9. The van der Waals surface area contributed by atoms with Crippen molar-refractivity contribution >= 4 is 27.3 Å². The number of hydrogen-bond acceptors (Lipinski definition) is 3. The average molecular weight is 289 g/mol. The van der Waals surface area contributed by atoms with E-state index in [2.05, 4.69) is 33.2 Å². The molecule has 1 fully saturated rings. The molecule has 0 amide bonds. The molecule has 1 aliphatic carbocycles. The predicted octanol–water partition coefficient (Wildman–Crippen LogP) is 3.75. The SMILES string of the molecule is CC(NCC1CCCC1)c1ncc(Br)s1. The molecule has 1 aromatic heterocycles. The van der Waals surface area contributed by atoms with Crippen LogP contribution in [0.4, 0.5) is 0 Å². The molecule has 0 spiro atoms. The molecule has 0 aliphatic heterocycles. The maximum absolute atomic E-state index is 4.37. The highest BCUT2D eigenvalue weighted by Crippen LogP contribution is 2.26. The van der Waals surface area contributed by atoms with Gasteiger partial charge in [0, 0.05) is 0 Å². The summed E-state index contributed by atoms with van der Waals surface area (Å²) in [6.07, 6.45) is 7.53. The highest BCUT2D eigenvalue weighted by molar-refractivity contribution is 9.11. The summed E-state index contributed by atoms with van der Waals surface area (Å²) < 4.78 is 1.12. The molecule has 0 saturated heterocycles. The van der Waals surface area contributed by atoms with E-state index in [1.54, 1.807) is 11.3 Å². The quantitative estimate of drug-likeness (QED) is 0.913. The lowest BCUT2D eigenvalue weighted by Crippen LogP contribution is -2.24. The number of nitrogens with zero attached hydrogens (tertiary/aromatic N) is 1. The second-order valence-corrected chi connectivity index (χ2v) is 6.72. The third-order valence-electron chi connectivity index (χ3n) is 3.05. The summed E-state index contributed by atoms with van der Waals surface area (Å²) in [5.41, 5.74) is 0. The molecule has 4 heteroatoms. The zero-order chi connectivity index (χ0) is 10.7. The van der Waals surface area contributed by atoms with Crippen molar-refractivity contribution in [2.75, 3.05) is 6.54 Å². The molecular formula is C11H17BrN2S. The number of hydrogen-bond donors (Lipinski definition) is 1. The van der Waals surface area contributed by atoms with E-state index in [0.717, 1.165) is 16.2 Å². The number of rotatable bonds is 4. The number of aromatic nitrogens is 1. The van der Waals surface area contributed by atoms with E-state index in [1.807, 2.05) is 6.20 Å². The van der Waals surface area contributed by atoms with Gasteiger partial charge in [-0.1, -0.05) is 12.8 Å². The maximum Gasteiger partial charge on any atom is 0.110 e. The summed E-state index contributed by atoms with van der Waals surface area (Å²) in [6.45, 7) is 3.35. The first-order valence-electron chi connectivity index (χ1n) is 5.60. The molecule has 1 saturated carbocycles. The predicted molar refractivity (Wildman–Crippen MR) is 68.2 cm³/mol. The zero-order valence-corrected chi connectivity index (χ0v) is 11.4.